The Hall–Kier alpha value is -2.87. The Labute approximate surface area is 196 Å². The van der Waals surface area contributed by atoms with Crippen LogP contribution in [-0.2, 0) is 17.8 Å². The number of carbonyl (C=O) groups is 1. The number of para-hydroxylation sites is 2. The van der Waals surface area contributed by atoms with Gasteiger partial charge in [-0.25, -0.2) is 4.98 Å². The van der Waals surface area contributed by atoms with Crippen LogP contribution in [0.15, 0.2) is 24.3 Å². The molecule has 0 unspecified atom stereocenters. The zero-order valence-corrected chi connectivity index (χ0v) is 20.4. The van der Waals surface area contributed by atoms with Crippen LogP contribution in [0, 0.1) is 5.41 Å². The summed E-state index contributed by atoms with van der Waals surface area (Å²) >= 11 is 0. The fourth-order valence-electron chi connectivity index (χ4n) is 4.19. The van der Waals surface area contributed by atoms with Gasteiger partial charge in [0.2, 0.25) is 17.7 Å². The first-order valence-corrected chi connectivity index (χ1v) is 11.7. The summed E-state index contributed by atoms with van der Waals surface area (Å²) in [6.07, 6.45) is 1.20. The van der Waals surface area contributed by atoms with Gasteiger partial charge in [0.15, 0.2) is 11.5 Å². The number of fused-ring (bicyclic) bond motifs is 1. The van der Waals surface area contributed by atoms with Crippen molar-refractivity contribution in [2.24, 2.45) is 5.41 Å². The first-order valence-electron chi connectivity index (χ1n) is 11.7. The van der Waals surface area contributed by atoms with Crippen LogP contribution < -0.4 is 14.4 Å². The fourth-order valence-corrected chi connectivity index (χ4v) is 4.19. The van der Waals surface area contributed by atoms with Gasteiger partial charge in [-0.1, -0.05) is 32.9 Å². The van der Waals surface area contributed by atoms with Gasteiger partial charge in [-0.05, 0) is 24.6 Å². The summed E-state index contributed by atoms with van der Waals surface area (Å²) in [6.45, 7) is 11.1. The summed E-state index contributed by atoms with van der Waals surface area (Å²) in [5, 5.41) is 0. The van der Waals surface area contributed by atoms with Gasteiger partial charge in [0.05, 0.1) is 24.9 Å². The molecule has 2 aromatic rings. The predicted molar refractivity (Wildman–Crippen MR) is 128 cm³/mol. The molecular formula is C25H35N5O3. The molecule has 8 nitrogen and oxygen atoms in total. The molecule has 0 atom stereocenters. The van der Waals surface area contributed by atoms with Gasteiger partial charge in [0.25, 0.3) is 0 Å². The van der Waals surface area contributed by atoms with E-state index in [2.05, 4.69) is 37.6 Å². The molecule has 0 saturated carbocycles. The van der Waals surface area contributed by atoms with Gasteiger partial charge in [-0.15, -0.1) is 0 Å². The number of nitrogens with zero attached hydrogens (tertiary/aromatic N) is 5. The molecule has 178 valence electrons. The molecule has 0 bridgehead atoms. The summed E-state index contributed by atoms with van der Waals surface area (Å²) in [7, 11) is 3.75. The minimum absolute atomic E-state index is 0.0596. The van der Waals surface area contributed by atoms with E-state index in [4.69, 9.17) is 19.4 Å². The van der Waals surface area contributed by atoms with Crippen molar-refractivity contribution in [1.29, 1.82) is 0 Å². The molecule has 1 fully saturated rings. The minimum atomic E-state index is -0.0596. The third-order valence-electron chi connectivity index (χ3n) is 6.11. The topological polar surface area (TPSA) is 71.0 Å². The molecule has 1 aromatic heterocycles. The van der Waals surface area contributed by atoms with E-state index in [0.29, 0.717) is 49.3 Å². The number of likely N-dealkylation sites (N-methyl/N-ethyl adjacent to an activating group) is 1. The average Bonchev–Trinajstić information content (AvgIpc) is 2.78. The van der Waals surface area contributed by atoms with E-state index >= 15 is 0 Å². The van der Waals surface area contributed by atoms with Crippen molar-refractivity contribution in [2.75, 3.05) is 51.8 Å². The van der Waals surface area contributed by atoms with Gasteiger partial charge >= 0.3 is 0 Å². The maximum atomic E-state index is 13.0. The number of rotatable bonds is 5. The largest absolute Gasteiger partial charge is 0.493 e. The van der Waals surface area contributed by atoms with Crippen LogP contribution >= 0.6 is 0 Å². The highest BCUT2D eigenvalue weighted by molar-refractivity contribution is 5.77. The molecule has 0 N–H and O–H groups in total. The number of piperazine rings is 1. The molecule has 1 aromatic carbocycles. The zero-order valence-electron chi connectivity index (χ0n) is 20.4. The highest BCUT2D eigenvalue weighted by Gasteiger charge is 2.30. The van der Waals surface area contributed by atoms with E-state index < -0.39 is 0 Å². The number of methoxy groups -OCH3 is 1. The number of amides is 1. The Kier molecular flexibility index (Phi) is 6.74. The van der Waals surface area contributed by atoms with Crippen LogP contribution in [0.2, 0.25) is 0 Å². The van der Waals surface area contributed by atoms with Gasteiger partial charge in [-0.2, -0.15) is 4.98 Å². The summed E-state index contributed by atoms with van der Waals surface area (Å²) in [4.78, 5) is 29.2. The Bertz CT molecular complexity index is 996. The number of anilines is 1. The van der Waals surface area contributed by atoms with Crippen molar-refractivity contribution >= 4 is 11.9 Å². The van der Waals surface area contributed by atoms with Gasteiger partial charge in [0, 0.05) is 45.6 Å². The number of benzene rings is 1. The normalized spacial score (nSPS) is 17.0. The number of aromatic nitrogens is 2. The maximum absolute atomic E-state index is 13.0. The molecule has 2 aliphatic heterocycles. The maximum Gasteiger partial charge on any atom is 0.229 e. The quantitative estimate of drug-likeness (QED) is 0.688. The highest BCUT2D eigenvalue weighted by atomic mass is 16.5. The monoisotopic (exact) mass is 453 g/mol. The Morgan fingerprint density at radius 1 is 1.03 bits per heavy atom. The molecule has 0 spiro atoms. The van der Waals surface area contributed by atoms with Crippen LogP contribution in [0.1, 0.15) is 38.4 Å². The second-order valence-electron chi connectivity index (χ2n) is 10.1. The molecule has 4 rings (SSSR count). The lowest BCUT2D eigenvalue weighted by molar-refractivity contribution is -0.134. The summed E-state index contributed by atoms with van der Waals surface area (Å²) < 4.78 is 11.8. The lowest BCUT2D eigenvalue weighted by atomic mass is 9.91. The van der Waals surface area contributed by atoms with Gasteiger partial charge in [0.1, 0.15) is 0 Å². The number of carbonyl (C=O) groups excluding carboxylic acids is 1. The fraction of sp³-hybridized carbons (Fsp3) is 0.560. The molecule has 0 radical (unpaired) electrons. The molecule has 1 saturated heterocycles. The van der Waals surface area contributed by atoms with E-state index in [0.717, 1.165) is 37.4 Å². The molecule has 3 heterocycles. The summed E-state index contributed by atoms with van der Waals surface area (Å²) in [5.74, 6) is 2.60. The minimum Gasteiger partial charge on any atom is -0.493 e. The van der Waals surface area contributed by atoms with E-state index in [9.17, 15) is 4.79 Å². The third-order valence-corrected chi connectivity index (χ3v) is 6.11. The van der Waals surface area contributed by atoms with Crippen molar-refractivity contribution in [3.8, 4) is 17.4 Å². The summed E-state index contributed by atoms with van der Waals surface area (Å²) in [5.41, 5.74) is 1.78. The van der Waals surface area contributed by atoms with Crippen molar-refractivity contribution < 1.29 is 14.3 Å². The first kappa shape index (κ1) is 23.3. The zero-order chi connectivity index (χ0) is 23.6. The standard InChI is InChI=1S/C25H35N5O3/c1-25(2,3)16-22(31)30-11-10-19-18(17-30)23(33-21-9-7-6-8-20(21)32-5)27-24(26-19)29-14-12-28(4)13-15-29/h6-9H,10-17H2,1-5H3. The molecule has 1 amide bonds. The van der Waals surface area contributed by atoms with E-state index in [-0.39, 0.29) is 11.3 Å². The molecule has 0 aliphatic carbocycles. The van der Waals surface area contributed by atoms with Crippen molar-refractivity contribution in [3.63, 3.8) is 0 Å². The number of hydrogen-bond donors (Lipinski definition) is 0. The smallest absolute Gasteiger partial charge is 0.229 e. The van der Waals surface area contributed by atoms with Crippen molar-refractivity contribution in [2.45, 2.75) is 40.2 Å². The molecule has 33 heavy (non-hydrogen) atoms. The number of hydrogen-bond acceptors (Lipinski definition) is 7. The Morgan fingerprint density at radius 3 is 2.39 bits per heavy atom. The van der Waals surface area contributed by atoms with Crippen LogP contribution in [0.25, 0.3) is 0 Å². The van der Waals surface area contributed by atoms with Gasteiger partial charge < -0.3 is 24.2 Å². The van der Waals surface area contributed by atoms with E-state index in [1.54, 1.807) is 7.11 Å². The first-order chi connectivity index (χ1) is 15.7. The van der Waals surface area contributed by atoms with Crippen LogP contribution in [0.4, 0.5) is 5.95 Å². The lowest BCUT2D eigenvalue weighted by Gasteiger charge is -2.34. The van der Waals surface area contributed by atoms with Gasteiger partial charge in [-0.3, -0.25) is 4.79 Å². The Balaban J connectivity index is 1.67. The SMILES string of the molecule is COc1ccccc1Oc1nc(N2CCN(C)CC2)nc2c1CN(C(=O)CC(C)(C)C)CC2. The second kappa shape index (κ2) is 9.55. The highest BCUT2D eigenvalue weighted by Crippen LogP contribution is 2.36. The second-order valence-corrected chi connectivity index (χ2v) is 10.1. The van der Waals surface area contributed by atoms with E-state index in [1.165, 1.54) is 0 Å². The average molecular weight is 454 g/mol. The molecule has 8 heteroatoms. The predicted octanol–water partition coefficient (Wildman–Crippen LogP) is 3.35. The van der Waals surface area contributed by atoms with Crippen LogP contribution in [0.5, 0.6) is 17.4 Å². The van der Waals surface area contributed by atoms with Crippen molar-refractivity contribution in [3.05, 3.63) is 35.5 Å². The molecular weight excluding hydrogens is 418 g/mol. The van der Waals surface area contributed by atoms with Crippen molar-refractivity contribution in [1.82, 2.24) is 19.8 Å². The lowest BCUT2D eigenvalue weighted by Crippen LogP contribution is -2.45. The molecule has 2 aliphatic rings. The van der Waals surface area contributed by atoms with Crippen LogP contribution in [0.3, 0.4) is 0 Å². The summed E-state index contributed by atoms with van der Waals surface area (Å²) in [6, 6.07) is 7.55. The number of ether oxygens (including phenoxy) is 2. The van der Waals surface area contributed by atoms with Crippen LogP contribution in [-0.4, -0.2) is 72.6 Å². The third kappa shape index (κ3) is 5.55. The van der Waals surface area contributed by atoms with E-state index in [1.807, 2.05) is 29.2 Å². The Morgan fingerprint density at radius 2 is 1.73 bits per heavy atom.